The van der Waals surface area contributed by atoms with Gasteiger partial charge >= 0.3 is 5.97 Å². The van der Waals surface area contributed by atoms with Gasteiger partial charge in [0.1, 0.15) is 6.04 Å². The summed E-state index contributed by atoms with van der Waals surface area (Å²) in [5.74, 6) is -0.602. The number of carboxylic acid groups (broad SMARTS) is 1. The molecule has 0 saturated heterocycles. The van der Waals surface area contributed by atoms with Crippen LogP contribution in [0.25, 0.3) is 0 Å². The summed E-state index contributed by atoms with van der Waals surface area (Å²) in [5, 5.41) is 11.6. The molecular formula is C14H20N2O3S. The standard InChI is InChI=1S/C14H20N2O3S/c1-20-7-6-12(14(18)19)16-13(17)8-10-4-2-3-5-11(10)9-15/h2-5,12H,6-9,15H2,1H3,(H,16,17)(H,18,19)/t12-/m1/s1. The zero-order chi connectivity index (χ0) is 15.0. The fourth-order valence-electron chi connectivity index (χ4n) is 1.84. The molecule has 0 fully saturated rings. The highest BCUT2D eigenvalue weighted by Crippen LogP contribution is 2.09. The molecule has 0 unspecified atom stereocenters. The first-order valence-electron chi connectivity index (χ1n) is 6.36. The zero-order valence-corrected chi connectivity index (χ0v) is 12.3. The first-order valence-corrected chi connectivity index (χ1v) is 7.75. The summed E-state index contributed by atoms with van der Waals surface area (Å²) < 4.78 is 0. The Hall–Kier alpha value is -1.53. The predicted molar refractivity (Wildman–Crippen MR) is 80.6 cm³/mol. The maximum atomic E-state index is 11.9. The van der Waals surface area contributed by atoms with E-state index in [0.717, 1.165) is 11.1 Å². The molecule has 1 rings (SSSR count). The number of aliphatic carboxylic acids is 1. The monoisotopic (exact) mass is 296 g/mol. The van der Waals surface area contributed by atoms with Gasteiger partial charge in [-0.1, -0.05) is 24.3 Å². The second-order valence-electron chi connectivity index (χ2n) is 4.39. The SMILES string of the molecule is CSCC[C@@H](NC(=O)Cc1ccccc1CN)C(=O)O. The molecule has 1 aromatic rings. The number of nitrogens with one attached hydrogen (secondary N) is 1. The van der Waals surface area contributed by atoms with Crippen LogP contribution in [0.3, 0.4) is 0 Å². The lowest BCUT2D eigenvalue weighted by Crippen LogP contribution is -2.42. The Kier molecular flexibility index (Phi) is 7.11. The second-order valence-corrected chi connectivity index (χ2v) is 5.38. The molecule has 0 heterocycles. The number of carboxylic acids is 1. The Morgan fingerprint density at radius 3 is 2.55 bits per heavy atom. The third-order valence-corrected chi connectivity index (χ3v) is 3.58. The summed E-state index contributed by atoms with van der Waals surface area (Å²) in [6.07, 6.45) is 2.47. The van der Waals surface area contributed by atoms with Gasteiger partial charge in [-0.2, -0.15) is 11.8 Å². The minimum atomic E-state index is -1.00. The van der Waals surface area contributed by atoms with Crippen LogP contribution in [0.15, 0.2) is 24.3 Å². The van der Waals surface area contributed by atoms with Crippen molar-refractivity contribution in [1.29, 1.82) is 0 Å². The summed E-state index contributed by atoms with van der Waals surface area (Å²) >= 11 is 1.55. The van der Waals surface area contributed by atoms with E-state index in [1.807, 2.05) is 30.5 Å². The molecule has 0 aromatic heterocycles. The number of carbonyl (C=O) groups excluding carboxylic acids is 1. The molecule has 0 aliphatic carbocycles. The molecule has 1 atom stereocenters. The van der Waals surface area contributed by atoms with Gasteiger partial charge in [0.05, 0.1) is 6.42 Å². The fraction of sp³-hybridized carbons (Fsp3) is 0.429. The molecule has 1 amide bonds. The van der Waals surface area contributed by atoms with Gasteiger partial charge in [-0.25, -0.2) is 4.79 Å². The van der Waals surface area contributed by atoms with Crippen LogP contribution in [0.5, 0.6) is 0 Å². The van der Waals surface area contributed by atoms with Gasteiger partial charge in [0.25, 0.3) is 0 Å². The molecule has 20 heavy (non-hydrogen) atoms. The second kappa shape index (κ2) is 8.60. The van der Waals surface area contributed by atoms with Crippen molar-refractivity contribution in [1.82, 2.24) is 5.32 Å². The van der Waals surface area contributed by atoms with Crippen molar-refractivity contribution in [2.75, 3.05) is 12.0 Å². The molecule has 0 bridgehead atoms. The summed E-state index contributed by atoms with van der Waals surface area (Å²) in [6, 6.07) is 6.57. The molecular weight excluding hydrogens is 276 g/mol. The van der Waals surface area contributed by atoms with Gasteiger partial charge in [-0.3, -0.25) is 4.79 Å². The number of carbonyl (C=O) groups is 2. The molecule has 5 nitrogen and oxygen atoms in total. The van der Waals surface area contributed by atoms with Crippen molar-refractivity contribution in [2.24, 2.45) is 5.73 Å². The van der Waals surface area contributed by atoms with Crippen LogP contribution in [-0.2, 0) is 22.6 Å². The highest BCUT2D eigenvalue weighted by atomic mass is 32.2. The number of nitrogens with two attached hydrogens (primary N) is 1. The molecule has 4 N–H and O–H groups in total. The number of rotatable bonds is 8. The Morgan fingerprint density at radius 2 is 2.00 bits per heavy atom. The largest absolute Gasteiger partial charge is 0.480 e. The Balaban J connectivity index is 2.63. The quantitative estimate of drug-likeness (QED) is 0.666. The highest BCUT2D eigenvalue weighted by molar-refractivity contribution is 7.98. The first kappa shape index (κ1) is 16.5. The molecule has 0 radical (unpaired) electrons. The minimum absolute atomic E-state index is 0.149. The third-order valence-electron chi connectivity index (χ3n) is 2.93. The number of hydrogen-bond donors (Lipinski definition) is 3. The van der Waals surface area contributed by atoms with E-state index in [1.165, 1.54) is 0 Å². The van der Waals surface area contributed by atoms with Crippen LogP contribution in [0.2, 0.25) is 0 Å². The maximum Gasteiger partial charge on any atom is 0.326 e. The topological polar surface area (TPSA) is 92.4 Å². The molecule has 0 spiro atoms. The van der Waals surface area contributed by atoms with E-state index in [4.69, 9.17) is 10.8 Å². The number of benzene rings is 1. The van der Waals surface area contributed by atoms with Gasteiger partial charge in [-0.15, -0.1) is 0 Å². The summed E-state index contributed by atoms with van der Waals surface area (Å²) in [4.78, 5) is 23.0. The number of amides is 1. The fourth-order valence-corrected chi connectivity index (χ4v) is 2.31. The van der Waals surface area contributed by atoms with Crippen LogP contribution in [0.1, 0.15) is 17.5 Å². The number of thioether (sulfide) groups is 1. The highest BCUT2D eigenvalue weighted by Gasteiger charge is 2.19. The molecule has 0 aliphatic rings. The van der Waals surface area contributed by atoms with Crippen molar-refractivity contribution in [2.45, 2.75) is 25.4 Å². The van der Waals surface area contributed by atoms with Crippen molar-refractivity contribution in [3.05, 3.63) is 35.4 Å². The lowest BCUT2D eigenvalue weighted by atomic mass is 10.0. The van der Waals surface area contributed by atoms with Crippen LogP contribution in [-0.4, -0.2) is 35.0 Å². The lowest BCUT2D eigenvalue weighted by molar-refractivity contribution is -0.141. The van der Waals surface area contributed by atoms with E-state index in [9.17, 15) is 9.59 Å². The summed E-state index contributed by atoms with van der Waals surface area (Å²) in [7, 11) is 0. The zero-order valence-electron chi connectivity index (χ0n) is 11.5. The Bertz CT molecular complexity index is 465. The lowest BCUT2D eigenvalue weighted by Gasteiger charge is -2.14. The predicted octanol–water partition coefficient (Wildman–Crippen LogP) is 1.01. The van der Waals surface area contributed by atoms with Gasteiger partial charge in [-0.05, 0) is 29.6 Å². The van der Waals surface area contributed by atoms with E-state index in [1.54, 1.807) is 11.8 Å². The Morgan fingerprint density at radius 1 is 1.35 bits per heavy atom. The van der Waals surface area contributed by atoms with Gasteiger partial charge in [0.2, 0.25) is 5.91 Å². The van der Waals surface area contributed by atoms with Crippen LogP contribution in [0.4, 0.5) is 0 Å². The van der Waals surface area contributed by atoms with Gasteiger partial charge in [0.15, 0.2) is 0 Å². The minimum Gasteiger partial charge on any atom is -0.480 e. The average Bonchev–Trinajstić information content (AvgIpc) is 2.43. The van der Waals surface area contributed by atoms with Crippen LogP contribution in [0, 0.1) is 0 Å². The van der Waals surface area contributed by atoms with Crippen LogP contribution >= 0.6 is 11.8 Å². The maximum absolute atomic E-state index is 11.9. The summed E-state index contributed by atoms with van der Waals surface area (Å²) in [6.45, 7) is 0.359. The van der Waals surface area contributed by atoms with E-state index in [-0.39, 0.29) is 12.3 Å². The van der Waals surface area contributed by atoms with Gasteiger partial charge in [0, 0.05) is 6.54 Å². The van der Waals surface area contributed by atoms with Crippen molar-refractivity contribution >= 4 is 23.6 Å². The normalized spacial score (nSPS) is 11.9. The van der Waals surface area contributed by atoms with E-state index < -0.39 is 12.0 Å². The van der Waals surface area contributed by atoms with Crippen molar-refractivity contribution in [3.63, 3.8) is 0 Å². The average molecular weight is 296 g/mol. The molecule has 0 aliphatic heterocycles. The van der Waals surface area contributed by atoms with E-state index in [2.05, 4.69) is 5.32 Å². The van der Waals surface area contributed by atoms with Crippen molar-refractivity contribution < 1.29 is 14.7 Å². The molecule has 110 valence electrons. The van der Waals surface area contributed by atoms with E-state index in [0.29, 0.717) is 18.7 Å². The smallest absolute Gasteiger partial charge is 0.326 e. The molecule has 0 saturated carbocycles. The molecule has 1 aromatic carbocycles. The first-order chi connectivity index (χ1) is 9.58. The molecule has 6 heteroatoms. The number of hydrogen-bond acceptors (Lipinski definition) is 4. The Labute approximate surface area is 122 Å². The van der Waals surface area contributed by atoms with Gasteiger partial charge < -0.3 is 16.2 Å². The van der Waals surface area contributed by atoms with Crippen LogP contribution < -0.4 is 11.1 Å². The van der Waals surface area contributed by atoms with E-state index >= 15 is 0 Å². The third kappa shape index (κ3) is 5.22. The van der Waals surface area contributed by atoms with Crippen molar-refractivity contribution in [3.8, 4) is 0 Å². The summed E-state index contributed by atoms with van der Waals surface area (Å²) in [5.41, 5.74) is 7.35.